The third kappa shape index (κ3) is 1.57. The molecule has 0 atom stereocenters. The number of carbonyl (C=O) groups is 1. The molecule has 0 aliphatic carbocycles. The molecule has 0 aliphatic rings. The fourth-order valence-corrected chi connectivity index (χ4v) is 1.69. The van der Waals surface area contributed by atoms with Gasteiger partial charge in [-0.2, -0.15) is 0 Å². The molecule has 1 heterocycles. The van der Waals surface area contributed by atoms with Crippen LogP contribution in [0.5, 0.6) is 0 Å². The number of aromatic nitrogens is 1. The van der Waals surface area contributed by atoms with E-state index in [1.165, 1.54) is 0 Å². The van der Waals surface area contributed by atoms with Crippen LogP contribution >= 0.6 is 22.6 Å². The summed E-state index contributed by atoms with van der Waals surface area (Å²) in [5.74, 6) is 0. The standard InChI is InChI=1S/C10H6INO2/c11-9(13)7-5-6-3-1-2-4-8(6)12-10(7)14/h1-5H,(H,12,14). The van der Waals surface area contributed by atoms with Crippen molar-refractivity contribution in [3.8, 4) is 0 Å². The maximum atomic E-state index is 11.4. The smallest absolute Gasteiger partial charge is 0.260 e. The van der Waals surface area contributed by atoms with E-state index in [-0.39, 0.29) is 14.9 Å². The molecule has 0 unspecified atom stereocenters. The van der Waals surface area contributed by atoms with Crippen molar-refractivity contribution in [2.75, 3.05) is 0 Å². The maximum absolute atomic E-state index is 11.4. The van der Waals surface area contributed by atoms with E-state index in [0.29, 0.717) is 0 Å². The van der Waals surface area contributed by atoms with Gasteiger partial charge in [0.05, 0.1) is 5.56 Å². The van der Waals surface area contributed by atoms with Crippen molar-refractivity contribution in [3.63, 3.8) is 0 Å². The second kappa shape index (κ2) is 3.53. The van der Waals surface area contributed by atoms with Crippen molar-refractivity contribution in [2.24, 2.45) is 0 Å². The predicted molar refractivity (Wildman–Crippen MR) is 62.9 cm³/mol. The van der Waals surface area contributed by atoms with Crippen LogP contribution in [-0.4, -0.2) is 8.77 Å². The van der Waals surface area contributed by atoms with Gasteiger partial charge in [0.2, 0.25) is 3.79 Å². The van der Waals surface area contributed by atoms with E-state index in [2.05, 4.69) is 4.98 Å². The number of hydrogen-bond donors (Lipinski definition) is 1. The Labute approximate surface area is 93.3 Å². The molecule has 0 fully saturated rings. The van der Waals surface area contributed by atoms with E-state index in [0.717, 1.165) is 10.9 Å². The zero-order valence-corrected chi connectivity index (χ0v) is 9.24. The summed E-state index contributed by atoms with van der Waals surface area (Å²) in [7, 11) is 0. The number of hydrogen-bond acceptors (Lipinski definition) is 2. The molecule has 0 radical (unpaired) electrons. The van der Waals surface area contributed by atoms with Gasteiger partial charge in [-0.1, -0.05) is 18.2 Å². The van der Waals surface area contributed by atoms with Crippen LogP contribution in [0.1, 0.15) is 10.4 Å². The molecule has 0 amide bonds. The lowest BCUT2D eigenvalue weighted by molar-refractivity contribution is 0.110. The summed E-state index contributed by atoms with van der Waals surface area (Å²) in [6.07, 6.45) is 0. The zero-order chi connectivity index (χ0) is 10.1. The lowest BCUT2D eigenvalue weighted by Crippen LogP contribution is -2.13. The predicted octanol–water partition coefficient (Wildman–Crippen LogP) is 2.10. The molecule has 1 aromatic carbocycles. The number of H-pyrrole nitrogens is 1. The second-order valence-corrected chi connectivity index (χ2v) is 3.85. The molecular weight excluding hydrogens is 293 g/mol. The number of nitrogens with one attached hydrogen (secondary N) is 1. The van der Waals surface area contributed by atoms with Crippen LogP contribution in [0.4, 0.5) is 0 Å². The summed E-state index contributed by atoms with van der Waals surface area (Å²) in [4.78, 5) is 25.1. The number of fused-ring (bicyclic) bond motifs is 1. The highest BCUT2D eigenvalue weighted by atomic mass is 127. The third-order valence-corrected chi connectivity index (χ3v) is 2.55. The number of pyridine rings is 1. The number of carbonyl (C=O) groups excluding carboxylic acids is 1. The van der Waals surface area contributed by atoms with Crippen molar-refractivity contribution in [1.82, 2.24) is 4.98 Å². The van der Waals surface area contributed by atoms with Crippen LogP contribution in [0.3, 0.4) is 0 Å². The average Bonchev–Trinajstić information content (AvgIpc) is 2.16. The number of halogens is 1. The van der Waals surface area contributed by atoms with Crippen molar-refractivity contribution in [3.05, 3.63) is 46.2 Å². The third-order valence-electron chi connectivity index (χ3n) is 1.97. The lowest BCUT2D eigenvalue weighted by Gasteiger charge is -1.98. The average molecular weight is 299 g/mol. The Morgan fingerprint density at radius 2 is 2.00 bits per heavy atom. The SMILES string of the molecule is O=C(I)c1cc2ccccc2[nH]c1=O. The number of rotatable bonds is 1. The first-order valence-corrected chi connectivity index (χ1v) is 5.08. The summed E-state index contributed by atoms with van der Waals surface area (Å²) < 4.78 is -0.241. The summed E-state index contributed by atoms with van der Waals surface area (Å²) in [6.45, 7) is 0. The molecule has 4 heteroatoms. The van der Waals surface area contributed by atoms with E-state index < -0.39 is 0 Å². The molecule has 0 saturated heterocycles. The number of para-hydroxylation sites is 1. The van der Waals surface area contributed by atoms with E-state index in [1.807, 2.05) is 18.2 Å². The van der Waals surface area contributed by atoms with Crippen molar-refractivity contribution in [2.45, 2.75) is 0 Å². The molecular formula is C10H6INO2. The summed E-state index contributed by atoms with van der Waals surface area (Å²) in [5.41, 5.74) is 0.617. The van der Waals surface area contributed by atoms with Crippen LogP contribution in [0.2, 0.25) is 0 Å². The van der Waals surface area contributed by atoms with Gasteiger partial charge in [-0.25, -0.2) is 0 Å². The minimum absolute atomic E-state index is 0.198. The Morgan fingerprint density at radius 3 is 2.71 bits per heavy atom. The normalized spacial score (nSPS) is 10.4. The van der Waals surface area contributed by atoms with E-state index in [4.69, 9.17) is 0 Å². The number of aromatic amines is 1. The van der Waals surface area contributed by atoms with Gasteiger partial charge in [0, 0.05) is 28.1 Å². The first-order valence-electron chi connectivity index (χ1n) is 4.00. The van der Waals surface area contributed by atoms with Gasteiger partial charge in [0.15, 0.2) is 0 Å². The zero-order valence-electron chi connectivity index (χ0n) is 7.08. The Balaban J connectivity index is 2.84. The molecule has 1 N–H and O–H groups in total. The quantitative estimate of drug-likeness (QED) is 0.647. The van der Waals surface area contributed by atoms with Gasteiger partial charge in [0.25, 0.3) is 5.56 Å². The number of benzene rings is 1. The summed E-state index contributed by atoms with van der Waals surface area (Å²) >= 11 is 1.61. The molecule has 2 aromatic rings. The Hall–Kier alpha value is -1.17. The van der Waals surface area contributed by atoms with Gasteiger partial charge in [-0.3, -0.25) is 9.59 Å². The Bertz CT molecular complexity index is 559. The fourth-order valence-electron chi connectivity index (χ4n) is 1.29. The molecule has 14 heavy (non-hydrogen) atoms. The minimum Gasteiger partial charge on any atom is -0.321 e. The topological polar surface area (TPSA) is 49.9 Å². The minimum atomic E-state index is -0.330. The van der Waals surface area contributed by atoms with Gasteiger partial charge >= 0.3 is 0 Å². The molecule has 0 saturated carbocycles. The monoisotopic (exact) mass is 299 g/mol. The van der Waals surface area contributed by atoms with E-state index in [9.17, 15) is 9.59 Å². The van der Waals surface area contributed by atoms with E-state index >= 15 is 0 Å². The van der Waals surface area contributed by atoms with Crippen molar-refractivity contribution in [1.29, 1.82) is 0 Å². The van der Waals surface area contributed by atoms with Crippen LogP contribution in [-0.2, 0) is 0 Å². The first kappa shape index (κ1) is 9.39. The van der Waals surface area contributed by atoms with Crippen LogP contribution < -0.4 is 5.56 Å². The molecule has 2 rings (SSSR count). The maximum Gasteiger partial charge on any atom is 0.260 e. The Morgan fingerprint density at radius 1 is 1.29 bits per heavy atom. The first-order chi connectivity index (χ1) is 6.68. The van der Waals surface area contributed by atoms with E-state index in [1.54, 1.807) is 34.7 Å². The summed E-state index contributed by atoms with van der Waals surface area (Å²) in [6, 6.07) is 8.97. The van der Waals surface area contributed by atoms with Gasteiger partial charge in [-0.15, -0.1) is 0 Å². The molecule has 0 spiro atoms. The van der Waals surface area contributed by atoms with Gasteiger partial charge < -0.3 is 4.98 Å². The highest BCUT2D eigenvalue weighted by Gasteiger charge is 2.07. The molecule has 1 aromatic heterocycles. The fraction of sp³-hybridized carbons (Fsp3) is 0. The largest absolute Gasteiger partial charge is 0.321 e. The molecule has 0 aliphatic heterocycles. The highest BCUT2D eigenvalue weighted by Crippen LogP contribution is 2.11. The van der Waals surface area contributed by atoms with Crippen LogP contribution in [0.15, 0.2) is 35.1 Å². The highest BCUT2D eigenvalue weighted by molar-refractivity contribution is 14.1. The van der Waals surface area contributed by atoms with Gasteiger partial charge in [0.1, 0.15) is 0 Å². The molecule has 70 valence electrons. The van der Waals surface area contributed by atoms with Crippen LogP contribution in [0, 0.1) is 0 Å². The van der Waals surface area contributed by atoms with Crippen molar-refractivity contribution < 1.29 is 4.79 Å². The summed E-state index contributed by atoms with van der Waals surface area (Å²) in [5, 5.41) is 0.868. The second-order valence-electron chi connectivity index (χ2n) is 2.87. The van der Waals surface area contributed by atoms with Gasteiger partial charge in [-0.05, 0) is 17.5 Å². The molecule has 3 nitrogen and oxygen atoms in total. The van der Waals surface area contributed by atoms with Crippen molar-refractivity contribution >= 4 is 37.3 Å². The van der Waals surface area contributed by atoms with Crippen LogP contribution in [0.25, 0.3) is 10.9 Å². The lowest BCUT2D eigenvalue weighted by atomic mass is 10.2. The molecule has 0 bridgehead atoms. The Kier molecular flexibility index (Phi) is 2.37.